The van der Waals surface area contributed by atoms with E-state index in [0.29, 0.717) is 6.54 Å². The molecule has 170 valence electrons. The summed E-state index contributed by atoms with van der Waals surface area (Å²) in [5.41, 5.74) is 1.21. The van der Waals surface area contributed by atoms with E-state index in [1.165, 1.54) is 31.2 Å². The predicted molar refractivity (Wildman–Crippen MR) is 135 cm³/mol. The monoisotopic (exact) mass is 530 g/mol. The number of nitrogens with zero attached hydrogens (tertiary/aromatic N) is 4. The standard InChI is InChI=1S/C22H38N6O.HI/c1-2-23-22(25-9-7-11-27-14-16-29-17-15-27)26-19-20-8-10-24-21(18-20)28-12-5-3-4-6-13-28;/h8,10,18H,2-7,9,11-17,19H2,1H3,(H2,23,25,26);1H. The summed E-state index contributed by atoms with van der Waals surface area (Å²) in [4.78, 5) is 14.3. The van der Waals surface area contributed by atoms with Crippen LogP contribution in [0.2, 0.25) is 0 Å². The van der Waals surface area contributed by atoms with Crippen LogP contribution in [0.1, 0.15) is 44.6 Å². The molecule has 8 heteroatoms. The Morgan fingerprint density at radius 1 is 1.10 bits per heavy atom. The van der Waals surface area contributed by atoms with Crippen LogP contribution in [0.3, 0.4) is 0 Å². The normalized spacial score (nSPS) is 18.4. The molecule has 0 radical (unpaired) electrons. The van der Waals surface area contributed by atoms with Gasteiger partial charge in [0, 0.05) is 45.5 Å². The zero-order valence-electron chi connectivity index (χ0n) is 18.4. The van der Waals surface area contributed by atoms with Crippen molar-refractivity contribution in [1.82, 2.24) is 20.5 Å². The van der Waals surface area contributed by atoms with Gasteiger partial charge < -0.3 is 20.3 Å². The largest absolute Gasteiger partial charge is 0.379 e. The number of aromatic nitrogens is 1. The van der Waals surface area contributed by atoms with Crippen LogP contribution >= 0.6 is 24.0 Å². The number of morpholine rings is 1. The summed E-state index contributed by atoms with van der Waals surface area (Å²) >= 11 is 0. The Balaban J connectivity index is 0.00000320. The maximum Gasteiger partial charge on any atom is 0.191 e. The highest BCUT2D eigenvalue weighted by molar-refractivity contribution is 14.0. The molecule has 0 spiro atoms. The Bertz CT molecular complexity index is 615. The SMILES string of the molecule is CCNC(=NCc1ccnc(N2CCCCCC2)c1)NCCCN1CCOCC1.I. The second kappa shape index (κ2) is 14.8. The number of anilines is 1. The lowest BCUT2D eigenvalue weighted by Crippen LogP contribution is -2.40. The lowest BCUT2D eigenvalue weighted by atomic mass is 10.2. The predicted octanol–water partition coefficient (Wildman–Crippen LogP) is 2.86. The van der Waals surface area contributed by atoms with Crippen molar-refractivity contribution in [2.24, 2.45) is 4.99 Å². The molecule has 0 saturated carbocycles. The zero-order chi connectivity index (χ0) is 20.2. The molecule has 30 heavy (non-hydrogen) atoms. The molecule has 3 rings (SSSR count). The van der Waals surface area contributed by atoms with Crippen molar-refractivity contribution in [3.8, 4) is 0 Å². The first-order chi connectivity index (χ1) is 14.3. The van der Waals surface area contributed by atoms with Gasteiger partial charge in [0.25, 0.3) is 0 Å². The van der Waals surface area contributed by atoms with Crippen LogP contribution < -0.4 is 15.5 Å². The lowest BCUT2D eigenvalue weighted by molar-refractivity contribution is 0.0376. The van der Waals surface area contributed by atoms with Crippen LogP contribution in [-0.2, 0) is 11.3 Å². The molecule has 0 aliphatic carbocycles. The van der Waals surface area contributed by atoms with E-state index in [1.54, 1.807) is 0 Å². The number of rotatable bonds is 8. The first-order valence-corrected chi connectivity index (χ1v) is 11.4. The van der Waals surface area contributed by atoms with Gasteiger partial charge in [0.15, 0.2) is 5.96 Å². The van der Waals surface area contributed by atoms with E-state index in [9.17, 15) is 0 Å². The topological polar surface area (TPSA) is 65.0 Å². The summed E-state index contributed by atoms with van der Waals surface area (Å²) in [5, 5.41) is 6.83. The summed E-state index contributed by atoms with van der Waals surface area (Å²) in [6.07, 6.45) is 8.24. The van der Waals surface area contributed by atoms with Crippen LogP contribution in [0.25, 0.3) is 0 Å². The zero-order valence-corrected chi connectivity index (χ0v) is 20.8. The van der Waals surface area contributed by atoms with E-state index in [4.69, 9.17) is 9.73 Å². The van der Waals surface area contributed by atoms with Crippen molar-refractivity contribution in [3.63, 3.8) is 0 Å². The third-order valence-corrected chi connectivity index (χ3v) is 5.55. The molecule has 0 amide bonds. The fourth-order valence-corrected chi connectivity index (χ4v) is 3.88. The molecule has 3 heterocycles. The third-order valence-electron chi connectivity index (χ3n) is 5.55. The Morgan fingerprint density at radius 2 is 1.87 bits per heavy atom. The lowest BCUT2D eigenvalue weighted by Gasteiger charge is -2.26. The molecule has 1 aromatic heterocycles. The van der Waals surface area contributed by atoms with Gasteiger partial charge in [-0.1, -0.05) is 12.8 Å². The van der Waals surface area contributed by atoms with Gasteiger partial charge in [0.2, 0.25) is 0 Å². The molecule has 7 nitrogen and oxygen atoms in total. The van der Waals surface area contributed by atoms with Crippen molar-refractivity contribution in [1.29, 1.82) is 0 Å². The van der Waals surface area contributed by atoms with Gasteiger partial charge in [-0.25, -0.2) is 9.98 Å². The molecule has 2 fully saturated rings. The van der Waals surface area contributed by atoms with Crippen LogP contribution in [0.15, 0.2) is 23.3 Å². The molecular weight excluding hydrogens is 491 g/mol. The summed E-state index contributed by atoms with van der Waals surface area (Å²) in [5.74, 6) is 1.99. The molecular formula is C22H39IN6O. The second-order valence-corrected chi connectivity index (χ2v) is 7.85. The Kier molecular flexibility index (Phi) is 12.4. The smallest absolute Gasteiger partial charge is 0.191 e. The van der Waals surface area contributed by atoms with Gasteiger partial charge in [-0.05, 0) is 50.4 Å². The highest BCUT2D eigenvalue weighted by Gasteiger charge is 2.12. The van der Waals surface area contributed by atoms with Crippen LogP contribution in [0, 0.1) is 0 Å². The minimum absolute atomic E-state index is 0. The molecule has 0 aromatic carbocycles. The van der Waals surface area contributed by atoms with E-state index in [2.05, 4.69) is 44.5 Å². The minimum atomic E-state index is 0. The van der Waals surface area contributed by atoms with Crippen molar-refractivity contribution in [3.05, 3.63) is 23.9 Å². The number of hydrogen-bond acceptors (Lipinski definition) is 5. The third kappa shape index (κ3) is 8.93. The number of halogens is 1. The number of pyridine rings is 1. The summed E-state index contributed by atoms with van der Waals surface area (Å²) in [6, 6.07) is 4.28. The quantitative estimate of drug-likeness (QED) is 0.233. The Labute approximate surface area is 199 Å². The van der Waals surface area contributed by atoms with E-state index >= 15 is 0 Å². The van der Waals surface area contributed by atoms with Crippen LogP contribution in [-0.4, -0.2) is 74.9 Å². The second-order valence-electron chi connectivity index (χ2n) is 7.85. The number of ether oxygens (including phenoxy) is 1. The van der Waals surface area contributed by atoms with Gasteiger partial charge in [-0.2, -0.15) is 0 Å². The van der Waals surface area contributed by atoms with Crippen molar-refractivity contribution >= 4 is 35.8 Å². The van der Waals surface area contributed by atoms with E-state index < -0.39 is 0 Å². The molecule has 2 aliphatic rings. The highest BCUT2D eigenvalue weighted by atomic mass is 127. The summed E-state index contributed by atoms with van der Waals surface area (Å²) in [7, 11) is 0. The number of hydrogen-bond donors (Lipinski definition) is 2. The molecule has 0 bridgehead atoms. The van der Waals surface area contributed by atoms with Crippen molar-refractivity contribution in [2.45, 2.75) is 45.6 Å². The van der Waals surface area contributed by atoms with Crippen molar-refractivity contribution < 1.29 is 4.74 Å². The average Bonchev–Trinajstić information content (AvgIpc) is 3.05. The van der Waals surface area contributed by atoms with Gasteiger partial charge in [0.1, 0.15) is 5.82 Å². The van der Waals surface area contributed by atoms with E-state index in [-0.39, 0.29) is 24.0 Å². The summed E-state index contributed by atoms with van der Waals surface area (Å²) in [6.45, 7) is 11.7. The van der Waals surface area contributed by atoms with Crippen molar-refractivity contribution in [2.75, 3.05) is 63.9 Å². The summed E-state index contributed by atoms with van der Waals surface area (Å²) < 4.78 is 5.41. The maximum absolute atomic E-state index is 5.41. The first-order valence-electron chi connectivity index (χ1n) is 11.4. The van der Waals surface area contributed by atoms with E-state index in [0.717, 1.165) is 77.2 Å². The number of nitrogens with one attached hydrogen (secondary N) is 2. The van der Waals surface area contributed by atoms with Crippen LogP contribution in [0.5, 0.6) is 0 Å². The molecule has 0 atom stereocenters. The Hall–Kier alpha value is -1.13. The van der Waals surface area contributed by atoms with Crippen LogP contribution in [0.4, 0.5) is 5.82 Å². The molecule has 2 saturated heterocycles. The maximum atomic E-state index is 5.41. The van der Waals surface area contributed by atoms with Gasteiger partial charge >= 0.3 is 0 Å². The van der Waals surface area contributed by atoms with Gasteiger partial charge in [0.05, 0.1) is 19.8 Å². The van der Waals surface area contributed by atoms with Gasteiger partial charge in [-0.3, -0.25) is 4.90 Å². The van der Waals surface area contributed by atoms with Gasteiger partial charge in [-0.15, -0.1) is 24.0 Å². The number of guanidine groups is 1. The Morgan fingerprint density at radius 3 is 2.60 bits per heavy atom. The minimum Gasteiger partial charge on any atom is -0.379 e. The number of aliphatic imine (C=N–C) groups is 1. The molecule has 0 unspecified atom stereocenters. The molecule has 2 aliphatic heterocycles. The molecule has 2 N–H and O–H groups in total. The van der Waals surface area contributed by atoms with E-state index in [1.807, 2.05) is 6.20 Å². The fraction of sp³-hybridized carbons (Fsp3) is 0.727. The highest BCUT2D eigenvalue weighted by Crippen LogP contribution is 2.18. The average molecular weight is 530 g/mol. The molecule has 1 aromatic rings. The fourth-order valence-electron chi connectivity index (χ4n) is 3.88. The first kappa shape index (κ1) is 25.1.